The first-order valence-electron chi connectivity index (χ1n) is 8.82. The van der Waals surface area contributed by atoms with Gasteiger partial charge in [-0.1, -0.05) is 39.3 Å². The van der Waals surface area contributed by atoms with Crippen molar-refractivity contribution in [3.05, 3.63) is 24.3 Å². The molecule has 2 nitrogen and oxygen atoms in total. The zero-order valence-corrected chi connectivity index (χ0v) is 14.9. The average molecular weight is 306 g/mol. The van der Waals surface area contributed by atoms with Gasteiger partial charge in [0.1, 0.15) is 0 Å². The van der Waals surface area contributed by atoms with Gasteiger partial charge in [0.25, 0.3) is 0 Å². The van der Waals surface area contributed by atoms with Crippen molar-refractivity contribution in [2.75, 3.05) is 6.61 Å². The van der Waals surface area contributed by atoms with Crippen LogP contribution in [-0.4, -0.2) is 22.4 Å². The Labute approximate surface area is 136 Å². The van der Waals surface area contributed by atoms with Gasteiger partial charge in [-0.3, -0.25) is 0 Å². The standard InChI is InChI=1S/C20H34O2/c1-6-19(4,22)13-10-16-15(14-21)8-9-17-18(2,3)11-7-12-20(16,17)5/h6,8,16-17,21-22H,1,7,9-14H2,2-5H3. The molecule has 2 N–H and O–H groups in total. The van der Waals surface area contributed by atoms with Crippen LogP contribution in [0.5, 0.6) is 0 Å². The first kappa shape index (κ1) is 17.7. The van der Waals surface area contributed by atoms with E-state index in [4.69, 9.17) is 0 Å². The maximum absolute atomic E-state index is 10.3. The van der Waals surface area contributed by atoms with Crippen molar-refractivity contribution in [1.29, 1.82) is 0 Å². The van der Waals surface area contributed by atoms with Crippen LogP contribution in [0.2, 0.25) is 0 Å². The van der Waals surface area contributed by atoms with E-state index in [1.165, 1.54) is 24.8 Å². The lowest BCUT2D eigenvalue weighted by atomic mass is 9.48. The van der Waals surface area contributed by atoms with Gasteiger partial charge in [0.15, 0.2) is 0 Å². The van der Waals surface area contributed by atoms with Crippen molar-refractivity contribution in [3.8, 4) is 0 Å². The molecule has 4 unspecified atom stereocenters. The van der Waals surface area contributed by atoms with Gasteiger partial charge in [-0.25, -0.2) is 0 Å². The zero-order valence-electron chi connectivity index (χ0n) is 14.9. The molecular formula is C20H34O2. The van der Waals surface area contributed by atoms with Crippen LogP contribution in [0.25, 0.3) is 0 Å². The topological polar surface area (TPSA) is 40.5 Å². The number of hydrogen-bond donors (Lipinski definition) is 2. The lowest BCUT2D eigenvalue weighted by Crippen LogP contribution is -2.49. The summed E-state index contributed by atoms with van der Waals surface area (Å²) in [6, 6.07) is 0. The highest BCUT2D eigenvalue weighted by molar-refractivity contribution is 5.20. The van der Waals surface area contributed by atoms with E-state index < -0.39 is 5.60 Å². The highest BCUT2D eigenvalue weighted by atomic mass is 16.3. The van der Waals surface area contributed by atoms with Gasteiger partial charge in [-0.2, -0.15) is 0 Å². The molecule has 0 saturated heterocycles. The number of hydrogen-bond acceptors (Lipinski definition) is 2. The Balaban J connectivity index is 2.29. The second-order valence-corrected chi connectivity index (χ2v) is 8.73. The Morgan fingerprint density at radius 3 is 2.64 bits per heavy atom. The van der Waals surface area contributed by atoms with Crippen LogP contribution in [-0.2, 0) is 0 Å². The highest BCUT2D eigenvalue weighted by Crippen LogP contribution is 2.60. The zero-order chi connectivity index (χ0) is 16.6. The molecule has 2 aliphatic rings. The molecule has 0 radical (unpaired) electrons. The van der Waals surface area contributed by atoms with E-state index in [-0.39, 0.29) is 12.0 Å². The van der Waals surface area contributed by atoms with E-state index in [1.54, 1.807) is 6.08 Å². The molecule has 0 spiro atoms. The van der Waals surface area contributed by atoms with E-state index >= 15 is 0 Å². The Morgan fingerprint density at radius 1 is 1.36 bits per heavy atom. The fraction of sp³-hybridized carbons (Fsp3) is 0.800. The summed E-state index contributed by atoms with van der Waals surface area (Å²) in [7, 11) is 0. The lowest BCUT2D eigenvalue weighted by molar-refractivity contribution is -0.0470. The third-order valence-corrected chi connectivity index (χ3v) is 6.70. The molecule has 4 atom stereocenters. The quantitative estimate of drug-likeness (QED) is 0.735. The van der Waals surface area contributed by atoms with E-state index in [1.807, 2.05) is 6.92 Å². The molecule has 0 amide bonds. The first-order valence-corrected chi connectivity index (χ1v) is 8.82. The summed E-state index contributed by atoms with van der Waals surface area (Å²) in [5.74, 6) is 1.05. The maximum atomic E-state index is 10.3. The molecule has 0 aliphatic heterocycles. The monoisotopic (exact) mass is 306 g/mol. The predicted octanol–water partition coefficient (Wildman–Crippen LogP) is 4.47. The molecular weight excluding hydrogens is 272 g/mol. The molecule has 0 aromatic carbocycles. The first-order chi connectivity index (χ1) is 10.2. The molecule has 2 rings (SSSR count). The summed E-state index contributed by atoms with van der Waals surface area (Å²) in [6.07, 6.45) is 10.5. The number of aliphatic hydroxyl groups excluding tert-OH is 1. The minimum absolute atomic E-state index is 0.156. The molecule has 1 fully saturated rings. The van der Waals surface area contributed by atoms with Crippen molar-refractivity contribution in [2.45, 2.75) is 71.8 Å². The Kier molecular flexibility index (Phi) is 4.94. The fourth-order valence-electron chi connectivity index (χ4n) is 5.23. The average Bonchev–Trinajstić information content (AvgIpc) is 2.44. The van der Waals surface area contributed by atoms with Gasteiger partial charge in [0, 0.05) is 0 Å². The van der Waals surface area contributed by atoms with E-state index in [0.29, 0.717) is 23.7 Å². The molecule has 0 aromatic rings. The van der Waals surface area contributed by atoms with Crippen molar-refractivity contribution in [2.24, 2.45) is 22.7 Å². The van der Waals surface area contributed by atoms with Crippen molar-refractivity contribution in [1.82, 2.24) is 0 Å². The van der Waals surface area contributed by atoms with Gasteiger partial charge in [0.05, 0.1) is 12.2 Å². The van der Waals surface area contributed by atoms with Crippen LogP contribution in [0, 0.1) is 22.7 Å². The maximum Gasteiger partial charge on any atom is 0.0797 e. The SMILES string of the molecule is C=CC(C)(O)CCC1C(CO)=CCC2C(C)(C)CCCC12C. The van der Waals surface area contributed by atoms with Crippen LogP contribution < -0.4 is 0 Å². The van der Waals surface area contributed by atoms with Crippen LogP contribution in [0.3, 0.4) is 0 Å². The molecule has 2 heteroatoms. The molecule has 22 heavy (non-hydrogen) atoms. The third-order valence-electron chi connectivity index (χ3n) is 6.70. The molecule has 0 heterocycles. The molecule has 0 aromatic heterocycles. The molecule has 2 aliphatic carbocycles. The Hall–Kier alpha value is -0.600. The minimum atomic E-state index is -0.811. The van der Waals surface area contributed by atoms with Crippen LogP contribution in [0.1, 0.15) is 66.2 Å². The second kappa shape index (κ2) is 6.13. The number of fused-ring (bicyclic) bond motifs is 1. The van der Waals surface area contributed by atoms with E-state index in [0.717, 1.165) is 12.8 Å². The molecule has 0 bridgehead atoms. The van der Waals surface area contributed by atoms with Crippen molar-refractivity contribution in [3.63, 3.8) is 0 Å². The lowest BCUT2D eigenvalue weighted by Gasteiger charge is -2.57. The second-order valence-electron chi connectivity index (χ2n) is 8.73. The Bertz CT molecular complexity index is 447. The van der Waals surface area contributed by atoms with Gasteiger partial charge in [0.2, 0.25) is 0 Å². The molecule has 126 valence electrons. The molecule has 1 saturated carbocycles. The summed E-state index contributed by atoms with van der Waals surface area (Å²) in [5.41, 5.74) is 0.986. The number of aliphatic hydroxyl groups is 2. The smallest absolute Gasteiger partial charge is 0.0797 e. The van der Waals surface area contributed by atoms with Gasteiger partial charge >= 0.3 is 0 Å². The van der Waals surface area contributed by atoms with E-state index in [9.17, 15) is 10.2 Å². The van der Waals surface area contributed by atoms with Gasteiger partial charge < -0.3 is 10.2 Å². The van der Waals surface area contributed by atoms with E-state index in [2.05, 4.69) is 33.4 Å². The predicted molar refractivity (Wildman–Crippen MR) is 92.6 cm³/mol. The summed E-state index contributed by atoms with van der Waals surface area (Å²) < 4.78 is 0. The van der Waals surface area contributed by atoms with Crippen LogP contribution >= 0.6 is 0 Å². The number of rotatable bonds is 5. The van der Waals surface area contributed by atoms with Crippen molar-refractivity contribution < 1.29 is 10.2 Å². The van der Waals surface area contributed by atoms with Gasteiger partial charge in [-0.05, 0) is 67.3 Å². The fourth-order valence-corrected chi connectivity index (χ4v) is 5.23. The summed E-state index contributed by atoms with van der Waals surface area (Å²) >= 11 is 0. The highest BCUT2D eigenvalue weighted by Gasteiger charge is 2.52. The Morgan fingerprint density at radius 2 is 2.05 bits per heavy atom. The minimum Gasteiger partial charge on any atom is -0.392 e. The van der Waals surface area contributed by atoms with Crippen molar-refractivity contribution >= 4 is 0 Å². The normalized spacial score (nSPS) is 36.9. The summed E-state index contributed by atoms with van der Waals surface area (Å²) in [6.45, 7) is 13.0. The third kappa shape index (κ3) is 3.19. The van der Waals surface area contributed by atoms with Crippen LogP contribution in [0.15, 0.2) is 24.3 Å². The summed E-state index contributed by atoms with van der Waals surface area (Å²) in [4.78, 5) is 0. The summed E-state index contributed by atoms with van der Waals surface area (Å²) in [5, 5.41) is 20.1. The largest absolute Gasteiger partial charge is 0.392 e. The number of allylic oxidation sites excluding steroid dienone is 1. The van der Waals surface area contributed by atoms with Crippen LogP contribution in [0.4, 0.5) is 0 Å². The van der Waals surface area contributed by atoms with Gasteiger partial charge in [-0.15, -0.1) is 6.58 Å².